The fraction of sp³-hybridized carbons (Fsp3) is 0.435. The van der Waals surface area contributed by atoms with Gasteiger partial charge < -0.3 is 10.2 Å². The molecule has 5 nitrogen and oxygen atoms in total. The molecule has 0 radical (unpaired) electrons. The lowest BCUT2D eigenvalue weighted by Gasteiger charge is -2.41. The Bertz CT molecular complexity index is 863. The van der Waals surface area contributed by atoms with Gasteiger partial charge in [-0.25, -0.2) is 4.39 Å². The Kier molecular flexibility index (Phi) is 5.56. The molecule has 1 spiro atoms. The van der Waals surface area contributed by atoms with Gasteiger partial charge in [0.15, 0.2) is 0 Å². The molecule has 2 aliphatic heterocycles. The normalized spacial score (nSPS) is 22.2. The Morgan fingerprint density at radius 3 is 2.38 bits per heavy atom. The minimum absolute atomic E-state index is 0.206. The first-order chi connectivity index (χ1) is 13.9. The molecule has 0 aliphatic carbocycles. The van der Waals surface area contributed by atoms with E-state index in [0.29, 0.717) is 13.1 Å². The number of carboxylic acid groups (broad SMARTS) is 1. The number of hydrogen-bond donors (Lipinski definition) is 2. The molecule has 4 rings (SSSR count). The quantitative estimate of drug-likeness (QED) is 0.809. The van der Waals surface area contributed by atoms with Crippen molar-refractivity contribution >= 4 is 5.97 Å². The number of phenolic OH excluding ortho intramolecular Hbond substituents is 1. The highest BCUT2D eigenvalue weighted by molar-refractivity contribution is 5.72. The summed E-state index contributed by atoms with van der Waals surface area (Å²) in [5.74, 6) is -1.07. The lowest BCUT2D eigenvalue weighted by Crippen LogP contribution is -2.45. The van der Waals surface area contributed by atoms with Crippen molar-refractivity contribution in [1.29, 1.82) is 0 Å². The molecule has 0 aromatic heterocycles. The Morgan fingerprint density at radius 1 is 1.03 bits per heavy atom. The van der Waals surface area contributed by atoms with E-state index in [9.17, 15) is 19.4 Å². The number of aliphatic carboxylic acids is 1. The number of halogens is 1. The van der Waals surface area contributed by atoms with Crippen molar-refractivity contribution in [3.05, 3.63) is 65.5 Å². The first kappa shape index (κ1) is 19.9. The summed E-state index contributed by atoms with van der Waals surface area (Å²) in [5.41, 5.74) is 1.87. The number of rotatable bonds is 5. The minimum Gasteiger partial charge on any atom is -0.508 e. The molecule has 1 atom stereocenters. The predicted octanol–water partition coefficient (Wildman–Crippen LogP) is 3.33. The molecule has 6 heteroatoms. The van der Waals surface area contributed by atoms with Gasteiger partial charge in [0, 0.05) is 31.6 Å². The standard InChI is InChI=1S/C23H27FN2O3/c24-19-6-4-17(5-7-19)13-25-10-8-23(9-11-25)16-26(15-21(23)22(28)29)14-18-2-1-3-20(27)12-18/h1-7,12,21,27H,8-11,13-16H2,(H,28,29). The lowest BCUT2D eigenvalue weighted by atomic mass is 9.71. The average molecular weight is 398 g/mol. The van der Waals surface area contributed by atoms with E-state index in [-0.39, 0.29) is 22.9 Å². The molecule has 2 N–H and O–H groups in total. The van der Waals surface area contributed by atoms with Crippen LogP contribution in [0.25, 0.3) is 0 Å². The zero-order valence-electron chi connectivity index (χ0n) is 16.4. The number of likely N-dealkylation sites (tertiary alicyclic amines) is 2. The van der Waals surface area contributed by atoms with Gasteiger partial charge in [0.25, 0.3) is 0 Å². The predicted molar refractivity (Wildman–Crippen MR) is 108 cm³/mol. The molecule has 1 unspecified atom stereocenters. The van der Waals surface area contributed by atoms with Crippen molar-refractivity contribution in [2.45, 2.75) is 25.9 Å². The summed E-state index contributed by atoms with van der Waals surface area (Å²) in [7, 11) is 0. The second kappa shape index (κ2) is 8.13. The summed E-state index contributed by atoms with van der Waals surface area (Å²) in [5, 5.41) is 19.6. The Balaban J connectivity index is 1.41. The van der Waals surface area contributed by atoms with Crippen molar-refractivity contribution in [1.82, 2.24) is 9.80 Å². The maximum atomic E-state index is 13.1. The number of carbonyl (C=O) groups is 1. The topological polar surface area (TPSA) is 64.0 Å². The second-order valence-corrected chi connectivity index (χ2v) is 8.50. The van der Waals surface area contributed by atoms with Gasteiger partial charge in [-0.2, -0.15) is 0 Å². The molecule has 2 saturated heterocycles. The zero-order chi connectivity index (χ0) is 20.4. The van der Waals surface area contributed by atoms with Gasteiger partial charge in [-0.15, -0.1) is 0 Å². The first-order valence-corrected chi connectivity index (χ1v) is 10.1. The van der Waals surface area contributed by atoms with E-state index in [1.54, 1.807) is 12.1 Å². The van der Waals surface area contributed by atoms with Crippen molar-refractivity contribution in [2.75, 3.05) is 26.2 Å². The third-order valence-corrected chi connectivity index (χ3v) is 6.50. The smallest absolute Gasteiger partial charge is 0.308 e. The molecule has 0 bridgehead atoms. The van der Waals surface area contributed by atoms with E-state index in [0.717, 1.165) is 50.1 Å². The average Bonchev–Trinajstić information content (AvgIpc) is 3.03. The third-order valence-electron chi connectivity index (χ3n) is 6.50. The van der Waals surface area contributed by atoms with Crippen LogP contribution >= 0.6 is 0 Å². The molecule has 0 amide bonds. The molecule has 2 aromatic carbocycles. The van der Waals surface area contributed by atoms with Crippen LogP contribution in [0.15, 0.2) is 48.5 Å². The van der Waals surface area contributed by atoms with Crippen LogP contribution in [0.3, 0.4) is 0 Å². The fourth-order valence-electron chi connectivity index (χ4n) is 4.96. The van der Waals surface area contributed by atoms with Crippen LogP contribution in [0.2, 0.25) is 0 Å². The monoisotopic (exact) mass is 398 g/mol. The van der Waals surface area contributed by atoms with Crippen LogP contribution in [0.4, 0.5) is 4.39 Å². The highest BCUT2D eigenvalue weighted by atomic mass is 19.1. The number of phenols is 1. The van der Waals surface area contributed by atoms with E-state index in [4.69, 9.17) is 0 Å². The van der Waals surface area contributed by atoms with Crippen LogP contribution in [0, 0.1) is 17.2 Å². The van der Waals surface area contributed by atoms with Gasteiger partial charge in [-0.1, -0.05) is 24.3 Å². The minimum atomic E-state index is -0.713. The summed E-state index contributed by atoms with van der Waals surface area (Å²) < 4.78 is 13.1. The maximum absolute atomic E-state index is 13.1. The number of nitrogens with zero attached hydrogens (tertiary/aromatic N) is 2. The van der Waals surface area contributed by atoms with E-state index in [1.165, 1.54) is 12.1 Å². The number of piperidine rings is 1. The third kappa shape index (κ3) is 4.43. The van der Waals surface area contributed by atoms with Gasteiger partial charge >= 0.3 is 5.97 Å². The van der Waals surface area contributed by atoms with Gasteiger partial charge in [-0.05, 0) is 61.3 Å². The van der Waals surface area contributed by atoms with Gasteiger partial charge in [-0.3, -0.25) is 14.6 Å². The number of benzene rings is 2. The van der Waals surface area contributed by atoms with Gasteiger partial charge in [0.05, 0.1) is 5.92 Å². The van der Waals surface area contributed by atoms with Crippen molar-refractivity contribution in [3.63, 3.8) is 0 Å². The number of aromatic hydroxyl groups is 1. The lowest BCUT2D eigenvalue weighted by molar-refractivity contribution is -0.146. The van der Waals surface area contributed by atoms with Crippen LogP contribution in [0.5, 0.6) is 5.75 Å². The van der Waals surface area contributed by atoms with E-state index in [1.807, 2.05) is 24.3 Å². The summed E-state index contributed by atoms with van der Waals surface area (Å²) in [6.07, 6.45) is 1.70. The molecule has 2 aliphatic rings. The largest absolute Gasteiger partial charge is 0.508 e. The molecule has 2 fully saturated rings. The summed E-state index contributed by atoms with van der Waals surface area (Å²) in [4.78, 5) is 16.6. The molecule has 0 saturated carbocycles. The Morgan fingerprint density at radius 2 is 1.72 bits per heavy atom. The molecule has 29 heavy (non-hydrogen) atoms. The van der Waals surface area contributed by atoms with Gasteiger partial charge in [0.1, 0.15) is 11.6 Å². The van der Waals surface area contributed by atoms with Crippen LogP contribution in [-0.4, -0.2) is 52.2 Å². The highest BCUT2D eigenvalue weighted by Gasteiger charge is 2.51. The number of carboxylic acids is 1. The van der Waals surface area contributed by atoms with Crippen molar-refractivity contribution < 1.29 is 19.4 Å². The maximum Gasteiger partial charge on any atom is 0.308 e. The van der Waals surface area contributed by atoms with Gasteiger partial charge in [0.2, 0.25) is 0 Å². The first-order valence-electron chi connectivity index (χ1n) is 10.1. The second-order valence-electron chi connectivity index (χ2n) is 8.50. The summed E-state index contributed by atoms with van der Waals surface area (Å²) >= 11 is 0. The molecule has 2 heterocycles. The SMILES string of the molecule is O=C(O)C1CN(Cc2cccc(O)c2)CC12CCN(Cc1ccc(F)cc1)CC2. The van der Waals surface area contributed by atoms with Crippen LogP contribution in [-0.2, 0) is 17.9 Å². The molecular formula is C23H27FN2O3. The highest BCUT2D eigenvalue weighted by Crippen LogP contribution is 2.45. The van der Waals surface area contributed by atoms with E-state index < -0.39 is 5.97 Å². The Labute approximate surface area is 170 Å². The van der Waals surface area contributed by atoms with E-state index in [2.05, 4.69) is 9.80 Å². The molecule has 2 aromatic rings. The van der Waals surface area contributed by atoms with Crippen LogP contribution in [0.1, 0.15) is 24.0 Å². The van der Waals surface area contributed by atoms with Crippen LogP contribution < -0.4 is 0 Å². The zero-order valence-corrected chi connectivity index (χ0v) is 16.4. The number of hydrogen-bond acceptors (Lipinski definition) is 4. The van der Waals surface area contributed by atoms with Crippen molar-refractivity contribution in [3.8, 4) is 5.75 Å². The summed E-state index contributed by atoms with van der Waals surface area (Å²) in [6.45, 7) is 4.43. The molecular weight excluding hydrogens is 371 g/mol. The van der Waals surface area contributed by atoms with E-state index >= 15 is 0 Å². The molecule has 154 valence electrons. The Hall–Kier alpha value is -2.44. The fourth-order valence-corrected chi connectivity index (χ4v) is 4.96. The van der Waals surface area contributed by atoms with Crippen molar-refractivity contribution in [2.24, 2.45) is 11.3 Å². The summed E-state index contributed by atoms with van der Waals surface area (Å²) in [6, 6.07) is 13.8.